The van der Waals surface area contributed by atoms with Crippen LogP contribution in [0.25, 0.3) is 0 Å². The third-order valence-corrected chi connectivity index (χ3v) is 4.63. The summed E-state index contributed by atoms with van der Waals surface area (Å²) in [5, 5.41) is 13.5. The summed E-state index contributed by atoms with van der Waals surface area (Å²) in [4.78, 5) is 14.0. The van der Waals surface area contributed by atoms with Gasteiger partial charge in [0.1, 0.15) is 5.84 Å². The molecule has 1 amide bonds. The molecule has 1 aliphatic rings. The Morgan fingerprint density at radius 1 is 1.56 bits per heavy atom. The summed E-state index contributed by atoms with van der Waals surface area (Å²) in [6.07, 6.45) is 1.49. The van der Waals surface area contributed by atoms with Gasteiger partial charge in [-0.2, -0.15) is 0 Å². The van der Waals surface area contributed by atoms with Crippen LogP contribution in [0, 0.1) is 5.92 Å². The Kier molecular flexibility index (Phi) is 4.23. The molecule has 3 N–H and O–H groups in total. The zero-order valence-corrected chi connectivity index (χ0v) is 12.1. The summed E-state index contributed by atoms with van der Waals surface area (Å²) in [5.74, 6) is 0.392. The number of oxime groups is 1. The molecule has 0 aliphatic carbocycles. The topological polar surface area (TPSA) is 78.9 Å². The Bertz CT molecular complexity index is 467. The maximum absolute atomic E-state index is 12.2. The molecule has 18 heavy (non-hydrogen) atoms. The molecule has 0 atom stereocenters. The van der Waals surface area contributed by atoms with Gasteiger partial charge in [-0.25, -0.2) is 0 Å². The highest BCUT2D eigenvalue weighted by molar-refractivity contribution is 9.11. The fourth-order valence-corrected chi connectivity index (χ4v) is 3.20. The third kappa shape index (κ3) is 2.84. The van der Waals surface area contributed by atoms with Crippen molar-refractivity contribution in [1.29, 1.82) is 0 Å². The van der Waals surface area contributed by atoms with E-state index < -0.39 is 0 Å². The summed E-state index contributed by atoms with van der Waals surface area (Å²) >= 11 is 4.85. The van der Waals surface area contributed by atoms with Crippen molar-refractivity contribution in [3.63, 3.8) is 0 Å². The minimum atomic E-state index is 0.0508. The number of amides is 1. The van der Waals surface area contributed by atoms with E-state index in [4.69, 9.17) is 10.9 Å². The van der Waals surface area contributed by atoms with E-state index in [9.17, 15) is 4.79 Å². The van der Waals surface area contributed by atoms with Crippen molar-refractivity contribution in [2.24, 2.45) is 16.8 Å². The van der Waals surface area contributed by atoms with Crippen LogP contribution in [0.3, 0.4) is 0 Å². The Balaban J connectivity index is 1.96. The van der Waals surface area contributed by atoms with Crippen LogP contribution in [0.2, 0.25) is 0 Å². The van der Waals surface area contributed by atoms with E-state index in [2.05, 4.69) is 21.1 Å². The maximum atomic E-state index is 12.2. The molecule has 2 heterocycles. The van der Waals surface area contributed by atoms with Crippen LogP contribution in [0.5, 0.6) is 0 Å². The Morgan fingerprint density at radius 3 is 2.72 bits per heavy atom. The number of rotatable bonds is 2. The number of thiophene rings is 1. The average molecular weight is 332 g/mol. The van der Waals surface area contributed by atoms with Crippen molar-refractivity contribution in [2.45, 2.75) is 12.8 Å². The molecule has 5 nitrogen and oxygen atoms in total. The predicted molar refractivity (Wildman–Crippen MR) is 74.1 cm³/mol. The molecule has 0 aromatic carbocycles. The van der Waals surface area contributed by atoms with Gasteiger partial charge in [0, 0.05) is 24.4 Å². The van der Waals surface area contributed by atoms with Gasteiger partial charge in [0.2, 0.25) is 0 Å². The first-order valence-corrected chi connectivity index (χ1v) is 7.30. The monoisotopic (exact) mass is 331 g/mol. The number of carbonyl (C=O) groups excluding carboxylic acids is 1. The summed E-state index contributed by atoms with van der Waals surface area (Å²) < 4.78 is 0.956. The van der Waals surface area contributed by atoms with Crippen molar-refractivity contribution in [3.05, 3.63) is 20.8 Å². The molecular formula is C11H14BrN3O2S. The van der Waals surface area contributed by atoms with Gasteiger partial charge in [0.15, 0.2) is 0 Å². The lowest BCUT2D eigenvalue weighted by atomic mass is 9.95. The molecule has 1 aromatic rings. The fraction of sp³-hybridized carbons (Fsp3) is 0.455. The molecule has 0 unspecified atom stereocenters. The first-order chi connectivity index (χ1) is 8.61. The van der Waals surface area contributed by atoms with Crippen molar-refractivity contribution in [3.8, 4) is 0 Å². The highest BCUT2D eigenvalue weighted by atomic mass is 79.9. The molecule has 0 radical (unpaired) electrons. The molecule has 7 heteroatoms. The van der Waals surface area contributed by atoms with Gasteiger partial charge in [0.25, 0.3) is 5.91 Å². The zero-order chi connectivity index (χ0) is 13.1. The normalized spacial score (nSPS) is 18.1. The summed E-state index contributed by atoms with van der Waals surface area (Å²) in [5.41, 5.74) is 6.29. The number of hydrogen-bond donors (Lipinski definition) is 2. The first kappa shape index (κ1) is 13.4. The van der Waals surface area contributed by atoms with Crippen LogP contribution < -0.4 is 5.73 Å². The minimum absolute atomic E-state index is 0.0508. The Hall–Kier alpha value is -1.08. The van der Waals surface area contributed by atoms with Gasteiger partial charge < -0.3 is 15.8 Å². The number of nitrogens with two attached hydrogens (primary N) is 1. The first-order valence-electron chi connectivity index (χ1n) is 5.62. The van der Waals surface area contributed by atoms with Crippen LogP contribution in [0.4, 0.5) is 0 Å². The number of amidine groups is 1. The van der Waals surface area contributed by atoms with E-state index >= 15 is 0 Å². The molecular weight excluding hydrogens is 318 g/mol. The molecule has 0 spiro atoms. The fourth-order valence-electron chi connectivity index (χ4n) is 2.06. The smallest absolute Gasteiger partial charge is 0.254 e. The van der Waals surface area contributed by atoms with E-state index in [-0.39, 0.29) is 17.7 Å². The van der Waals surface area contributed by atoms with E-state index in [0.29, 0.717) is 18.7 Å². The van der Waals surface area contributed by atoms with Gasteiger partial charge >= 0.3 is 0 Å². The average Bonchev–Trinajstić information content (AvgIpc) is 2.84. The van der Waals surface area contributed by atoms with Gasteiger partial charge in [-0.3, -0.25) is 4.79 Å². The van der Waals surface area contributed by atoms with Gasteiger partial charge in [-0.1, -0.05) is 5.16 Å². The predicted octanol–water partition coefficient (Wildman–Crippen LogP) is 2.11. The lowest BCUT2D eigenvalue weighted by molar-refractivity contribution is 0.0709. The molecule has 2 rings (SSSR count). The van der Waals surface area contributed by atoms with Crippen LogP contribution in [0.15, 0.2) is 20.4 Å². The van der Waals surface area contributed by atoms with Gasteiger partial charge in [-0.05, 0) is 34.8 Å². The largest absolute Gasteiger partial charge is 0.409 e. The van der Waals surface area contributed by atoms with E-state index in [1.807, 2.05) is 16.3 Å². The number of nitrogens with zero attached hydrogens (tertiary/aromatic N) is 2. The van der Waals surface area contributed by atoms with E-state index in [1.54, 1.807) is 0 Å². The SMILES string of the molecule is NC(=NO)C1CCN(C(=O)c2csc(Br)c2)CC1. The van der Waals surface area contributed by atoms with Crippen molar-refractivity contribution >= 4 is 39.0 Å². The quantitative estimate of drug-likeness (QED) is 0.377. The lowest BCUT2D eigenvalue weighted by Gasteiger charge is -2.31. The molecule has 0 bridgehead atoms. The van der Waals surface area contributed by atoms with Gasteiger partial charge in [0.05, 0.1) is 9.35 Å². The number of hydrogen-bond acceptors (Lipinski definition) is 4. The molecule has 1 aliphatic heterocycles. The second kappa shape index (κ2) is 5.71. The van der Waals surface area contributed by atoms with Gasteiger partial charge in [-0.15, -0.1) is 11.3 Å². The number of halogens is 1. The lowest BCUT2D eigenvalue weighted by Crippen LogP contribution is -2.41. The van der Waals surface area contributed by atoms with Crippen molar-refractivity contribution in [1.82, 2.24) is 4.90 Å². The highest BCUT2D eigenvalue weighted by Gasteiger charge is 2.26. The third-order valence-electron chi connectivity index (χ3n) is 3.13. The van der Waals surface area contributed by atoms with Crippen LogP contribution >= 0.6 is 27.3 Å². The maximum Gasteiger partial charge on any atom is 0.254 e. The summed E-state index contributed by atoms with van der Waals surface area (Å²) in [6, 6.07) is 1.84. The summed E-state index contributed by atoms with van der Waals surface area (Å²) in [7, 11) is 0. The molecule has 0 saturated carbocycles. The van der Waals surface area contributed by atoms with E-state index in [0.717, 1.165) is 16.6 Å². The van der Waals surface area contributed by atoms with Crippen LogP contribution in [0.1, 0.15) is 23.2 Å². The number of likely N-dealkylation sites (tertiary alicyclic amines) is 1. The standard InChI is InChI=1S/C11H14BrN3O2S/c12-9-5-8(6-18-9)11(16)15-3-1-7(2-4-15)10(13)14-17/h5-7,17H,1-4H2,(H2,13,14). The molecule has 1 fully saturated rings. The van der Waals surface area contributed by atoms with Crippen LogP contribution in [-0.2, 0) is 0 Å². The molecule has 1 aromatic heterocycles. The minimum Gasteiger partial charge on any atom is -0.409 e. The zero-order valence-electron chi connectivity index (χ0n) is 9.67. The van der Waals surface area contributed by atoms with Crippen molar-refractivity contribution in [2.75, 3.05) is 13.1 Å². The summed E-state index contributed by atoms with van der Waals surface area (Å²) in [6.45, 7) is 1.29. The Morgan fingerprint density at radius 2 is 2.22 bits per heavy atom. The second-order valence-electron chi connectivity index (χ2n) is 4.23. The van der Waals surface area contributed by atoms with E-state index in [1.165, 1.54) is 11.3 Å². The second-order valence-corrected chi connectivity index (χ2v) is 6.52. The molecule has 1 saturated heterocycles. The number of piperidine rings is 1. The molecule has 98 valence electrons. The number of carbonyl (C=O) groups is 1. The highest BCUT2D eigenvalue weighted by Crippen LogP contribution is 2.24. The van der Waals surface area contributed by atoms with Crippen molar-refractivity contribution < 1.29 is 10.0 Å². The van der Waals surface area contributed by atoms with Crippen LogP contribution in [-0.4, -0.2) is 34.9 Å². The Labute approximate surface area is 117 Å².